The fourth-order valence-corrected chi connectivity index (χ4v) is 2.59. The van der Waals surface area contributed by atoms with Gasteiger partial charge in [-0.05, 0) is 44.5 Å². The lowest BCUT2D eigenvalue weighted by Gasteiger charge is -1.99. The topological polar surface area (TPSA) is 0 Å². The van der Waals surface area contributed by atoms with Gasteiger partial charge in [-0.25, -0.2) is 0 Å². The lowest BCUT2D eigenvalue weighted by molar-refractivity contribution is 1.77. The van der Waals surface area contributed by atoms with Crippen LogP contribution < -0.4 is 0 Å². The fraction of sp³-hybridized carbons (Fsp3) is 0. The maximum absolute atomic E-state index is 2.24. The van der Waals surface area contributed by atoms with E-state index in [1.807, 2.05) is 0 Å². The van der Waals surface area contributed by atoms with Crippen molar-refractivity contribution in [1.29, 1.82) is 0 Å². The molecule has 20 heavy (non-hydrogen) atoms. The van der Waals surface area contributed by atoms with Crippen molar-refractivity contribution >= 4 is 32.3 Å². The quantitative estimate of drug-likeness (QED) is 0.377. The maximum Gasteiger partial charge on any atom is -0.0178 e. The molecule has 0 aliphatic heterocycles. The van der Waals surface area contributed by atoms with Gasteiger partial charge in [-0.2, -0.15) is 0 Å². The van der Waals surface area contributed by atoms with Crippen molar-refractivity contribution in [3.63, 3.8) is 0 Å². The minimum absolute atomic E-state index is 1.23. The molecule has 0 aliphatic rings. The molecule has 0 unspecified atom stereocenters. The Morgan fingerprint density at radius 2 is 0.600 bits per heavy atom. The molecular weight excluding hydrogens is 240 g/mol. The summed E-state index contributed by atoms with van der Waals surface area (Å²) in [5.74, 6) is 0. The van der Waals surface area contributed by atoms with E-state index in [2.05, 4.69) is 84.9 Å². The van der Waals surface area contributed by atoms with Gasteiger partial charge in [-0.3, -0.25) is 0 Å². The molecule has 94 valence electrons. The van der Waals surface area contributed by atoms with E-state index in [0.29, 0.717) is 0 Å². The zero-order valence-electron chi connectivity index (χ0n) is 11.1. The molecule has 0 aromatic heterocycles. The second-order valence-electron chi connectivity index (χ2n) is 5.20. The summed E-state index contributed by atoms with van der Waals surface area (Å²) in [7, 11) is 0. The van der Waals surface area contributed by atoms with Gasteiger partial charge < -0.3 is 0 Å². The Balaban J connectivity index is 2.19. The molecule has 0 amide bonds. The smallest absolute Gasteiger partial charge is 0.0178 e. The van der Waals surface area contributed by atoms with Crippen LogP contribution >= 0.6 is 0 Å². The summed E-state index contributed by atoms with van der Waals surface area (Å²) in [5.41, 5.74) is 0. The Bertz CT molecular complexity index is 849. The molecule has 0 fully saturated rings. The third kappa shape index (κ3) is 2.06. The van der Waals surface area contributed by atoms with Gasteiger partial charge in [0.2, 0.25) is 0 Å². The molecule has 0 saturated carbocycles. The molecule has 0 spiro atoms. The Hall–Kier alpha value is -2.60. The van der Waals surface area contributed by atoms with Crippen LogP contribution in [-0.4, -0.2) is 0 Å². The SMILES string of the molecule is c1cc2ccc1ccc1ccc3cc(cc2)ccc3c1. The summed E-state index contributed by atoms with van der Waals surface area (Å²) >= 11 is 0. The first-order chi connectivity index (χ1) is 9.87. The van der Waals surface area contributed by atoms with Crippen molar-refractivity contribution in [1.82, 2.24) is 0 Å². The van der Waals surface area contributed by atoms with Crippen molar-refractivity contribution in [3.8, 4) is 0 Å². The highest BCUT2D eigenvalue weighted by molar-refractivity contribution is 5.91. The van der Waals surface area contributed by atoms with Crippen LogP contribution in [-0.2, 0) is 0 Å². The van der Waals surface area contributed by atoms with E-state index in [4.69, 9.17) is 0 Å². The molecule has 6 bridgehead atoms. The molecule has 0 heteroatoms. The van der Waals surface area contributed by atoms with Crippen molar-refractivity contribution < 1.29 is 0 Å². The summed E-state index contributed by atoms with van der Waals surface area (Å²) in [5, 5.41) is 7.51. The highest BCUT2D eigenvalue weighted by Crippen LogP contribution is 2.19. The predicted octanol–water partition coefficient (Wildman–Crippen LogP) is 5.71. The van der Waals surface area contributed by atoms with Gasteiger partial charge in [0.25, 0.3) is 0 Å². The Morgan fingerprint density at radius 3 is 1.00 bits per heavy atom. The lowest BCUT2D eigenvalue weighted by Crippen LogP contribution is -1.73. The van der Waals surface area contributed by atoms with Gasteiger partial charge in [0.15, 0.2) is 0 Å². The number of hydrogen-bond acceptors (Lipinski definition) is 0. The number of hydrogen-bond donors (Lipinski definition) is 0. The zero-order valence-corrected chi connectivity index (χ0v) is 11.1. The van der Waals surface area contributed by atoms with E-state index in [0.717, 1.165) is 0 Å². The van der Waals surface area contributed by atoms with Crippen LogP contribution in [0.25, 0.3) is 32.3 Å². The fourth-order valence-electron chi connectivity index (χ4n) is 2.59. The van der Waals surface area contributed by atoms with Crippen molar-refractivity contribution in [2.24, 2.45) is 0 Å². The Morgan fingerprint density at radius 1 is 0.300 bits per heavy atom. The molecule has 0 aliphatic carbocycles. The van der Waals surface area contributed by atoms with Crippen LogP contribution in [0.5, 0.6) is 0 Å². The van der Waals surface area contributed by atoms with Crippen LogP contribution in [0.1, 0.15) is 0 Å². The number of benzene rings is 3. The van der Waals surface area contributed by atoms with E-state index in [1.165, 1.54) is 32.3 Å². The monoisotopic (exact) mass is 254 g/mol. The summed E-state index contributed by atoms with van der Waals surface area (Å²) in [6.07, 6.45) is 0. The molecule has 0 heterocycles. The summed E-state index contributed by atoms with van der Waals surface area (Å²) < 4.78 is 0. The molecule has 0 atom stereocenters. The van der Waals surface area contributed by atoms with Gasteiger partial charge in [-0.15, -0.1) is 0 Å². The summed E-state index contributed by atoms with van der Waals surface area (Å²) in [6.45, 7) is 0. The van der Waals surface area contributed by atoms with E-state index in [9.17, 15) is 0 Å². The largest absolute Gasteiger partial charge is 0.0544 e. The van der Waals surface area contributed by atoms with Crippen LogP contribution in [0.4, 0.5) is 0 Å². The molecule has 0 nitrogen and oxygen atoms in total. The van der Waals surface area contributed by atoms with Crippen molar-refractivity contribution in [3.05, 3.63) is 84.9 Å². The normalized spacial score (nSPS) is 11.0. The number of rotatable bonds is 0. The van der Waals surface area contributed by atoms with Gasteiger partial charge in [0, 0.05) is 0 Å². The molecule has 9 rings (SSSR count). The molecule has 0 radical (unpaired) electrons. The second kappa shape index (κ2) is 4.50. The van der Waals surface area contributed by atoms with Crippen molar-refractivity contribution in [2.45, 2.75) is 0 Å². The standard InChI is InChI=1S/C20H14/c1-2-16-4-3-15(1)5-7-17-9-11-20-14-18(8-6-16)10-12-19(20)13-17/h1-14H. The average Bonchev–Trinajstić information content (AvgIpc) is 2.52. The van der Waals surface area contributed by atoms with Crippen LogP contribution in [0.2, 0.25) is 0 Å². The second-order valence-corrected chi connectivity index (χ2v) is 5.20. The van der Waals surface area contributed by atoms with E-state index in [1.54, 1.807) is 0 Å². The Labute approximate surface area is 117 Å². The first-order valence-corrected chi connectivity index (χ1v) is 6.87. The van der Waals surface area contributed by atoms with Gasteiger partial charge >= 0.3 is 0 Å². The lowest BCUT2D eigenvalue weighted by atomic mass is 10.1. The van der Waals surface area contributed by atoms with E-state index in [-0.39, 0.29) is 0 Å². The minimum Gasteiger partial charge on any atom is -0.0544 e. The molecule has 0 saturated heterocycles. The maximum atomic E-state index is 2.24. The van der Waals surface area contributed by atoms with Gasteiger partial charge in [0.05, 0.1) is 0 Å². The Kier molecular flexibility index (Phi) is 2.53. The van der Waals surface area contributed by atoms with Gasteiger partial charge in [-0.1, -0.05) is 72.8 Å². The highest BCUT2D eigenvalue weighted by atomic mass is 14.0. The zero-order chi connectivity index (χ0) is 13.4. The summed E-state index contributed by atoms with van der Waals surface area (Å²) in [6, 6.07) is 30.5. The molecule has 0 N–H and O–H groups in total. The molecule has 9 aromatic carbocycles. The van der Waals surface area contributed by atoms with Gasteiger partial charge in [0.1, 0.15) is 0 Å². The first-order valence-electron chi connectivity index (χ1n) is 6.87. The summed E-state index contributed by atoms with van der Waals surface area (Å²) in [4.78, 5) is 0. The predicted molar refractivity (Wildman–Crippen MR) is 87.8 cm³/mol. The average molecular weight is 254 g/mol. The highest BCUT2D eigenvalue weighted by Gasteiger charge is 1.93. The van der Waals surface area contributed by atoms with E-state index >= 15 is 0 Å². The van der Waals surface area contributed by atoms with Crippen LogP contribution in [0.3, 0.4) is 0 Å². The van der Waals surface area contributed by atoms with Crippen LogP contribution in [0.15, 0.2) is 84.9 Å². The third-order valence-corrected chi connectivity index (χ3v) is 3.76. The van der Waals surface area contributed by atoms with Crippen molar-refractivity contribution in [2.75, 3.05) is 0 Å². The van der Waals surface area contributed by atoms with E-state index < -0.39 is 0 Å². The molecule has 9 aromatic rings. The third-order valence-electron chi connectivity index (χ3n) is 3.76. The minimum atomic E-state index is 1.23. The molecular formula is C20H14. The first kappa shape index (κ1) is 11.2. The van der Waals surface area contributed by atoms with Crippen LogP contribution in [0, 0.1) is 0 Å².